The Morgan fingerprint density at radius 3 is 2.18 bits per heavy atom. The van der Waals surface area contributed by atoms with Gasteiger partial charge in [0.1, 0.15) is 0 Å². The molecule has 0 aliphatic heterocycles. The fourth-order valence-corrected chi connectivity index (χ4v) is 3.14. The van der Waals surface area contributed by atoms with Gasteiger partial charge in [-0.15, -0.1) is 0 Å². The number of benzene rings is 1. The highest BCUT2D eigenvalue weighted by Crippen LogP contribution is 2.21. The molecule has 5 nitrogen and oxygen atoms in total. The van der Waals surface area contributed by atoms with E-state index >= 15 is 0 Å². The maximum atomic E-state index is 13.5. The summed E-state index contributed by atoms with van der Waals surface area (Å²) in [5.41, 5.74) is -1.44. The summed E-state index contributed by atoms with van der Waals surface area (Å²) < 4.78 is 63.6. The fourth-order valence-electron chi connectivity index (χ4n) is 1.79. The van der Waals surface area contributed by atoms with Crippen LogP contribution < -0.4 is 5.32 Å². The summed E-state index contributed by atoms with van der Waals surface area (Å²) in [4.78, 5) is 11.9. The monoisotopic (exact) mass is 338 g/mol. The van der Waals surface area contributed by atoms with Crippen molar-refractivity contribution >= 4 is 21.6 Å². The van der Waals surface area contributed by atoms with Gasteiger partial charge in [0.25, 0.3) is 0 Å². The van der Waals surface area contributed by atoms with Gasteiger partial charge in [0.2, 0.25) is 15.9 Å². The van der Waals surface area contributed by atoms with Crippen LogP contribution in [0.15, 0.2) is 12.1 Å². The number of amides is 1. The minimum atomic E-state index is -3.69. The van der Waals surface area contributed by atoms with Crippen molar-refractivity contribution < 1.29 is 26.4 Å². The average Bonchev–Trinajstić information content (AvgIpc) is 2.34. The van der Waals surface area contributed by atoms with Gasteiger partial charge in [-0.25, -0.2) is 21.6 Å². The van der Waals surface area contributed by atoms with Crippen LogP contribution in [-0.4, -0.2) is 37.0 Å². The van der Waals surface area contributed by atoms with Crippen LogP contribution in [0.25, 0.3) is 0 Å². The van der Waals surface area contributed by atoms with Crippen LogP contribution in [0.1, 0.15) is 20.8 Å². The molecule has 0 spiro atoms. The van der Waals surface area contributed by atoms with Crippen LogP contribution in [0.5, 0.6) is 0 Å². The zero-order chi connectivity index (χ0) is 17.3. The Hall–Kier alpha value is -1.61. The van der Waals surface area contributed by atoms with Crippen molar-refractivity contribution in [2.24, 2.45) is 0 Å². The molecule has 0 aliphatic carbocycles. The second-order valence-electron chi connectivity index (χ2n) is 5.71. The molecule has 0 unspecified atom stereocenters. The SMILES string of the molecule is CC(C)(C)N(CC(=O)Nc1ccc(F)c(F)c1F)S(C)(=O)=O. The number of carbonyl (C=O) groups is 1. The molecule has 0 atom stereocenters. The average molecular weight is 338 g/mol. The molecule has 1 N–H and O–H groups in total. The van der Waals surface area contributed by atoms with Gasteiger partial charge in [0.15, 0.2) is 17.5 Å². The Bertz CT molecular complexity index is 685. The van der Waals surface area contributed by atoms with Crippen molar-refractivity contribution in [2.45, 2.75) is 26.3 Å². The first-order valence-corrected chi connectivity index (χ1v) is 8.10. The molecule has 1 amide bonds. The first-order valence-electron chi connectivity index (χ1n) is 6.25. The molecular formula is C13H17F3N2O3S. The van der Waals surface area contributed by atoms with Crippen LogP contribution in [0.2, 0.25) is 0 Å². The van der Waals surface area contributed by atoms with Crippen molar-refractivity contribution in [3.05, 3.63) is 29.6 Å². The molecule has 0 saturated carbocycles. The zero-order valence-electron chi connectivity index (χ0n) is 12.6. The van der Waals surface area contributed by atoms with Crippen molar-refractivity contribution in [2.75, 3.05) is 18.1 Å². The number of hydrogen-bond acceptors (Lipinski definition) is 3. The second kappa shape index (κ2) is 6.25. The fraction of sp³-hybridized carbons (Fsp3) is 0.462. The van der Waals surface area contributed by atoms with Crippen LogP contribution in [-0.2, 0) is 14.8 Å². The molecule has 0 bridgehead atoms. The van der Waals surface area contributed by atoms with Crippen molar-refractivity contribution in [3.63, 3.8) is 0 Å². The highest BCUT2D eigenvalue weighted by molar-refractivity contribution is 7.88. The van der Waals surface area contributed by atoms with Gasteiger partial charge in [-0.05, 0) is 32.9 Å². The minimum Gasteiger partial charge on any atom is -0.322 e. The summed E-state index contributed by atoms with van der Waals surface area (Å²) in [6.45, 7) is 4.17. The summed E-state index contributed by atoms with van der Waals surface area (Å²) in [5, 5.41) is 2.03. The summed E-state index contributed by atoms with van der Waals surface area (Å²) in [6, 6.07) is 1.51. The number of anilines is 1. The van der Waals surface area contributed by atoms with Gasteiger partial charge in [-0.1, -0.05) is 0 Å². The Morgan fingerprint density at radius 2 is 1.73 bits per heavy atom. The third kappa shape index (κ3) is 4.44. The highest BCUT2D eigenvalue weighted by Gasteiger charge is 2.31. The number of halogens is 3. The van der Waals surface area contributed by atoms with Gasteiger partial charge in [-0.2, -0.15) is 4.31 Å². The van der Waals surface area contributed by atoms with Crippen molar-refractivity contribution in [3.8, 4) is 0 Å². The molecule has 1 aromatic carbocycles. The molecule has 0 aliphatic rings. The maximum absolute atomic E-state index is 13.5. The lowest BCUT2D eigenvalue weighted by Gasteiger charge is -2.32. The molecule has 0 fully saturated rings. The minimum absolute atomic E-state index is 0.564. The van der Waals surface area contributed by atoms with Gasteiger partial charge in [0, 0.05) is 5.54 Å². The van der Waals surface area contributed by atoms with E-state index in [4.69, 9.17) is 0 Å². The normalized spacial score (nSPS) is 12.5. The van der Waals surface area contributed by atoms with Crippen LogP contribution >= 0.6 is 0 Å². The van der Waals surface area contributed by atoms with E-state index in [1.807, 2.05) is 5.32 Å². The van der Waals surface area contributed by atoms with E-state index in [1.54, 1.807) is 20.8 Å². The predicted molar refractivity (Wildman–Crippen MR) is 76.2 cm³/mol. The topological polar surface area (TPSA) is 66.5 Å². The van der Waals surface area contributed by atoms with Crippen LogP contribution in [0.3, 0.4) is 0 Å². The third-order valence-corrected chi connectivity index (χ3v) is 4.22. The first-order chi connectivity index (χ1) is 9.84. The number of hydrogen-bond donors (Lipinski definition) is 1. The number of sulfonamides is 1. The smallest absolute Gasteiger partial charge is 0.239 e. The molecule has 0 saturated heterocycles. The van der Waals surface area contributed by atoms with Gasteiger partial charge in [0.05, 0.1) is 18.5 Å². The molecule has 9 heteroatoms. The largest absolute Gasteiger partial charge is 0.322 e. The van der Waals surface area contributed by atoms with E-state index in [-0.39, 0.29) is 0 Å². The van der Waals surface area contributed by atoms with Gasteiger partial charge < -0.3 is 5.32 Å². The predicted octanol–water partition coefficient (Wildman–Crippen LogP) is 2.10. The van der Waals surface area contributed by atoms with E-state index in [1.165, 1.54) is 0 Å². The number of carbonyl (C=O) groups excluding carboxylic acids is 1. The Kier molecular flexibility index (Phi) is 5.24. The van der Waals surface area contributed by atoms with Crippen LogP contribution in [0, 0.1) is 17.5 Å². The third-order valence-electron chi connectivity index (χ3n) is 2.75. The molecule has 0 radical (unpaired) electrons. The quantitative estimate of drug-likeness (QED) is 0.855. The summed E-state index contributed by atoms with van der Waals surface area (Å²) in [7, 11) is -3.69. The Morgan fingerprint density at radius 1 is 1.18 bits per heavy atom. The standard InChI is InChI=1S/C13H17F3N2O3S/c1-13(2,3)18(22(4,20)21)7-10(19)17-9-6-5-8(14)11(15)12(9)16/h5-6H,7H2,1-4H3,(H,17,19). The van der Waals surface area contributed by atoms with E-state index in [0.29, 0.717) is 6.07 Å². The number of rotatable bonds is 4. The summed E-state index contributed by atoms with van der Waals surface area (Å²) in [6.07, 6.45) is 0.934. The summed E-state index contributed by atoms with van der Waals surface area (Å²) >= 11 is 0. The summed E-state index contributed by atoms with van der Waals surface area (Å²) in [5.74, 6) is -5.52. The second-order valence-corrected chi connectivity index (χ2v) is 7.62. The van der Waals surface area contributed by atoms with Crippen molar-refractivity contribution in [1.82, 2.24) is 4.31 Å². The first kappa shape index (κ1) is 18.4. The van der Waals surface area contributed by atoms with E-state index < -0.39 is 51.2 Å². The van der Waals surface area contributed by atoms with Crippen LogP contribution in [0.4, 0.5) is 18.9 Å². The maximum Gasteiger partial charge on any atom is 0.239 e. The Balaban J connectivity index is 2.97. The lowest BCUT2D eigenvalue weighted by molar-refractivity contribution is -0.117. The molecule has 1 aromatic rings. The number of nitrogens with zero attached hydrogens (tertiary/aromatic N) is 1. The Labute approximate surface area is 127 Å². The lowest BCUT2D eigenvalue weighted by Crippen LogP contribution is -2.48. The molecule has 1 rings (SSSR count). The van der Waals surface area contributed by atoms with Gasteiger partial charge >= 0.3 is 0 Å². The molecule has 0 aromatic heterocycles. The van der Waals surface area contributed by atoms with E-state index in [2.05, 4.69) is 0 Å². The molecule has 124 valence electrons. The van der Waals surface area contributed by atoms with E-state index in [0.717, 1.165) is 16.6 Å². The number of nitrogens with one attached hydrogen (secondary N) is 1. The lowest BCUT2D eigenvalue weighted by atomic mass is 10.1. The molecule has 0 heterocycles. The highest BCUT2D eigenvalue weighted by atomic mass is 32.2. The van der Waals surface area contributed by atoms with Gasteiger partial charge in [-0.3, -0.25) is 4.79 Å². The van der Waals surface area contributed by atoms with Crippen molar-refractivity contribution in [1.29, 1.82) is 0 Å². The van der Waals surface area contributed by atoms with E-state index in [9.17, 15) is 26.4 Å². The molecule has 22 heavy (non-hydrogen) atoms. The zero-order valence-corrected chi connectivity index (χ0v) is 13.4. The molecular weight excluding hydrogens is 321 g/mol.